The highest BCUT2D eigenvalue weighted by atomic mass is 35.5. The van der Waals surface area contributed by atoms with Crippen LogP contribution in [0.5, 0.6) is 0 Å². The first kappa shape index (κ1) is 21.2. The Hall–Kier alpha value is -4.12. The number of hydrogen-bond acceptors (Lipinski definition) is 4. The molecule has 0 aliphatic rings. The van der Waals surface area contributed by atoms with Gasteiger partial charge in [0.1, 0.15) is 0 Å². The number of fused-ring (bicyclic) bond motifs is 4. The minimum atomic E-state index is 0.628. The molecule has 0 unspecified atom stereocenters. The van der Waals surface area contributed by atoms with Gasteiger partial charge in [-0.3, -0.25) is 0 Å². The molecule has 0 saturated heterocycles. The Kier molecular flexibility index (Phi) is 5.01. The van der Waals surface area contributed by atoms with Crippen molar-refractivity contribution in [3.8, 4) is 34.2 Å². The van der Waals surface area contributed by atoms with Crippen LogP contribution in [0.1, 0.15) is 0 Å². The first-order valence-corrected chi connectivity index (χ1v) is 12.9. The van der Waals surface area contributed by atoms with Gasteiger partial charge in [-0.2, -0.15) is 0 Å². The predicted octanol–water partition coefficient (Wildman–Crippen LogP) is 9.05. The highest BCUT2D eigenvalue weighted by Gasteiger charge is 2.17. The highest BCUT2D eigenvalue weighted by Crippen LogP contribution is 2.40. The van der Waals surface area contributed by atoms with E-state index < -0.39 is 0 Å². The molecule has 5 aromatic carbocycles. The lowest BCUT2D eigenvalue weighted by molar-refractivity contribution is 1.08. The van der Waals surface area contributed by atoms with Crippen LogP contribution in [0.4, 0.5) is 0 Å². The molecule has 0 atom stereocenters. The van der Waals surface area contributed by atoms with E-state index in [9.17, 15) is 0 Å². The van der Waals surface area contributed by atoms with Crippen molar-refractivity contribution in [1.29, 1.82) is 0 Å². The predicted molar refractivity (Wildman–Crippen MR) is 152 cm³/mol. The molecule has 3 nitrogen and oxygen atoms in total. The van der Waals surface area contributed by atoms with Crippen molar-refractivity contribution in [2.24, 2.45) is 0 Å². The Morgan fingerprint density at radius 2 is 1.08 bits per heavy atom. The number of halogens is 1. The van der Waals surface area contributed by atoms with E-state index in [1.807, 2.05) is 60.7 Å². The molecule has 0 aliphatic heterocycles. The molecule has 2 heterocycles. The van der Waals surface area contributed by atoms with E-state index in [1.165, 1.54) is 20.2 Å². The van der Waals surface area contributed by atoms with Crippen LogP contribution in [0.25, 0.3) is 65.1 Å². The summed E-state index contributed by atoms with van der Waals surface area (Å²) in [5, 5.41) is 5.09. The van der Waals surface area contributed by atoms with Gasteiger partial charge in [-0.05, 0) is 23.6 Å². The molecule has 7 aromatic rings. The highest BCUT2D eigenvalue weighted by molar-refractivity contribution is 7.25. The van der Waals surface area contributed by atoms with Crippen molar-refractivity contribution >= 4 is 53.9 Å². The fourth-order valence-electron chi connectivity index (χ4n) is 4.76. The summed E-state index contributed by atoms with van der Waals surface area (Å²) < 4.78 is 2.47. The maximum absolute atomic E-state index is 6.53. The Bertz CT molecular complexity index is 1910. The number of rotatable bonds is 3. The Morgan fingerprint density at radius 3 is 1.97 bits per heavy atom. The van der Waals surface area contributed by atoms with Crippen molar-refractivity contribution in [1.82, 2.24) is 15.0 Å². The molecule has 36 heavy (non-hydrogen) atoms. The van der Waals surface area contributed by atoms with Crippen molar-refractivity contribution in [3.63, 3.8) is 0 Å². The van der Waals surface area contributed by atoms with Gasteiger partial charge in [0.05, 0.1) is 0 Å². The van der Waals surface area contributed by atoms with Crippen LogP contribution >= 0.6 is 22.9 Å². The van der Waals surface area contributed by atoms with Crippen LogP contribution in [-0.4, -0.2) is 15.0 Å². The quantitative estimate of drug-likeness (QED) is 0.243. The third kappa shape index (κ3) is 3.46. The topological polar surface area (TPSA) is 38.7 Å². The zero-order chi connectivity index (χ0) is 24.1. The lowest BCUT2D eigenvalue weighted by atomic mass is 10.0. The summed E-state index contributed by atoms with van der Waals surface area (Å²) in [5.74, 6) is 1.93. The van der Waals surface area contributed by atoms with Crippen molar-refractivity contribution in [2.75, 3.05) is 0 Å². The number of nitrogens with zero attached hydrogens (tertiary/aromatic N) is 3. The standard InChI is InChI=1S/C31H18ClN3S/c32-25-16-7-12-20-21(25)13-6-14-22(20)30-33-29(19-9-2-1-3-10-19)34-31(35-30)24-15-8-18-27-28(24)23-11-4-5-17-26(23)36-27/h1-18H. The van der Waals surface area contributed by atoms with Gasteiger partial charge < -0.3 is 0 Å². The van der Waals surface area contributed by atoms with E-state index in [1.54, 1.807) is 11.3 Å². The first-order chi connectivity index (χ1) is 17.8. The average Bonchev–Trinajstić information content (AvgIpc) is 3.32. The number of benzene rings is 5. The lowest BCUT2D eigenvalue weighted by Crippen LogP contribution is -2.00. The molecule has 0 fully saturated rings. The molecule has 7 rings (SSSR count). The van der Waals surface area contributed by atoms with E-state index in [-0.39, 0.29) is 0 Å². The Labute approximate surface area is 216 Å². The smallest absolute Gasteiger partial charge is 0.164 e. The van der Waals surface area contributed by atoms with E-state index >= 15 is 0 Å². The molecule has 0 amide bonds. The van der Waals surface area contributed by atoms with Crippen LogP contribution < -0.4 is 0 Å². The summed E-state index contributed by atoms with van der Waals surface area (Å²) in [5.41, 5.74) is 2.88. The fourth-order valence-corrected chi connectivity index (χ4v) is 6.13. The van der Waals surface area contributed by atoms with E-state index in [0.29, 0.717) is 22.5 Å². The first-order valence-electron chi connectivity index (χ1n) is 11.7. The van der Waals surface area contributed by atoms with Gasteiger partial charge in [-0.25, -0.2) is 15.0 Å². The largest absolute Gasteiger partial charge is 0.208 e. The minimum Gasteiger partial charge on any atom is -0.208 e. The SMILES string of the molecule is Clc1cccc2c(-c3nc(-c4ccccc4)nc(-c4cccc5sc6ccccc6c45)n3)cccc12. The molecule has 0 saturated carbocycles. The van der Waals surface area contributed by atoms with Gasteiger partial charge in [-0.1, -0.05) is 103 Å². The van der Waals surface area contributed by atoms with Gasteiger partial charge in [0.2, 0.25) is 0 Å². The normalized spacial score (nSPS) is 11.5. The number of hydrogen-bond donors (Lipinski definition) is 0. The van der Waals surface area contributed by atoms with Crippen molar-refractivity contribution in [3.05, 3.63) is 114 Å². The summed E-state index contributed by atoms with van der Waals surface area (Å²) >= 11 is 8.32. The molecule has 5 heteroatoms. The monoisotopic (exact) mass is 499 g/mol. The minimum absolute atomic E-state index is 0.628. The van der Waals surface area contributed by atoms with E-state index in [0.717, 1.165) is 27.5 Å². The fraction of sp³-hybridized carbons (Fsp3) is 0. The molecule has 0 bridgehead atoms. The molecule has 0 aliphatic carbocycles. The lowest BCUT2D eigenvalue weighted by Gasteiger charge is -2.11. The summed E-state index contributed by atoms with van der Waals surface area (Å²) in [4.78, 5) is 15.0. The maximum atomic E-state index is 6.53. The molecular formula is C31H18ClN3S. The maximum Gasteiger partial charge on any atom is 0.164 e. The van der Waals surface area contributed by atoms with Crippen LogP contribution in [0.2, 0.25) is 5.02 Å². The van der Waals surface area contributed by atoms with Crippen molar-refractivity contribution in [2.45, 2.75) is 0 Å². The Morgan fingerprint density at radius 1 is 0.472 bits per heavy atom. The second kappa shape index (κ2) is 8.52. The van der Waals surface area contributed by atoms with Gasteiger partial charge >= 0.3 is 0 Å². The van der Waals surface area contributed by atoms with E-state index in [2.05, 4.69) is 48.5 Å². The molecule has 2 aromatic heterocycles. The van der Waals surface area contributed by atoms with E-state index in [4.69, 9.17) is 26.6 Å². The zero-order valence-electron chi connectivity index (χ0n) is 19.0. The zero-order valence-corrected chi connectivity index (χ0v) is 20.6. The molecule has 0 spiro atoms. The summed E-state index contributed by atoms with van der Waals surface area (Å²) in [7, 11) is 0. The average molecular weight is 500 g/mol. The Balaban J connectivity index is 1.55. The molecular weight excluding hydrogens is 482 g/mol. The number of aromatic nitrogens is 3. The second-order valence-electron chi connectivity index (χ2n) is 8.59. The van der Waals surface area contributed by atoms with Gasteiger partial charge in [0.25, 0.3) is 0 Å². The van der Waals surface area contributed by atoms with Gasteiger partial charge in [0, 0.05) is 47.3 Å². The second-order valence-corrected chi connectivity index (χ2v) is 10.1. The van der Waals surface area contributed by atoms with Crippen LogP contribution in [0.15, 0.2) is 109 Å². The molecule has 170 valence electrons. The summed E-state index contributed by atoms with van der Waals surface area (Å²) in [6.45, 7) is 0. The molecule has 0 N–H and O–H groups in total. The van der Waals surface area contributed by atoms with Gasteiger partial charge in [0.15, 0.2) is 17.5 Å². The third-order valence-electron chi connectivity index (χ3n) is 6.42. The van der Waals surface area contributed by atoms with Crippen LogP contribution in [-0.2, 0) is 0 Å². The summed E-state index contributed by atoms with van der Waals surface area (Å²) in [6, 6.07) is 36.9. The molecule has 0 radical (unpaired) electrons. The van der Waals surface area contributed by atoms with Crippen LogP contribution in [0, 0.1) is 0 Å². The third-order valence-corrected chi connectivity index (χ3v) is 7.89. The number of thiophene rings is 1. The van der Waals surface area contributed by atoms with Crippen LogP contribution in [0.3, 0.4) is 0 Å². The van der Waals surface area contributed by atoms with Crippen molar-refractivity contribution < 1.29 is 0 Å². The van der Waals surface area contributed by atoms with Gasteiger partial charge in [-0.15, -0.1) is 11.3 Å². The summed E-state index contributed by atoms with van der Waals surface area (Å²) in [6.07, 6.45) is 0.